The number of hydrogen-bond acceptors (Lipinski definition) is 4. The van der Waals surface area contributed by atoms with Gasteiger partial charge in [0, 0.05) is 21.9 Å². The van der Waals surface area contributed by atoms with Crippen molar-refractivity contribution in [2.45, 2.75) is 44.4 Å². The van der Waals surface area contributed by atoms with Crippen LogP contribution in [-0.2, 0) is 5.41 Å². The Morgan fingerprint density at radius 3 is 2.68 bits per heavy atom. The van der Waals surface area contributed by atoms with Crippen molar-refractivity contribution < 1.29 is 19.4 Å². The highest BCUT2D eigenvalue weighted by Crippen LogP contribution is 2.63. The molecule has 142 valence electrons. The van der Waals surface area contributed by atoms with E-state index in [-0.39, 0.29) is 5.41 Å². The Labute approximate surface area is 163 Å². The summed E-state index contributed by atoms with van der Waals surface area (Å²) in [5.74, 6) is 1.62. The highest BCUT2D eigenvalue weighted by atomic mass is 16.7. The number of phenolic OH excluding ortho intramolecular Hbond substituents is 1. The van der Waals surface area contributed by atoms with Crippen molar-refractivity contribution >= 4 is 16.9 Å². The van der Waals surface area contributed by atoms with Gasteiger partial charge in [0.2, 0.25) is 0 Å². The summed E-state index contributed by atoms with van der Waals surface area (Å²) in [6, 6.07) is 14.7. The van der Waals surface area contributed by atoms with Gasteiger partial charge in [-0.15, -0.1) is 0 Å². The van der Waals surface area contributed by atoms with Crippen LogP contribution in [0.2, 0.25) is 0 Å². The van der Waals surface area contributed by atoms with Gasteiger partial charge in [-0.2, -0.15) is 0 Å². The molecule has 1 fully saturated rings. The molecule has 0 amide bonds. The summed E-state index contributed by atoms with van der Waals surface area (Å²) in [5, 5.41) is 12.6. The lowest BCUT2D eigenvalue weighted by molar-refractivity contribution is 0.152. The number of phenols is 1. The zero-order valence-corrected chi connectivity index (χ0v) is 16.0. The van der Waals surface area contributed by atoms with Gasteiger partial charge < -0.3 is 14.6 Å². The van der Waals surface area contributed by atoms with E-state index in [1.54, 1.807) is 24.3 Å². The molecule has 5 rings (SSSR count). The Hall–Kier alpha value is -3.01. The van der Waals surface area contributed by atoms with Crippen molar-refractivity contribution in [3.8, 4) is 17.2 Å². The molecule has 1 N–H and O–H groups in total. The fourth-order valence-corrected chi connectivity index (χ4v) is 5.09. The van der Waals surface area contributed by atoms with Crippen LogP contribution < -0.4 is 9.47 Å². The molecule has 2 aliphatic carbocycles. The first-order chi connectivity index (χ1) is 13.5. The quantitative estimate of drug-likeness (QED) is 0.443. The summed E-state index contributed by atoms with van der Waals surface area (Å²) in [7, 11) is 0. The third-order valence-corrected chi connectivity index (χ3v) is 6.31. The van der Waals surface area contributed by atoms with Crippen molar-refractivity contribution in [1.29, 1.82) is 0 Å². The molecule has 2 bridgehead atoms. The summed E-state index contributed by atoms with van der Waals surface area (Å²) in [5.41, 5.74) is 2.91. The molecular weight excluding hydrogens is 352 g/mol. The Morgan fingerprint density at radius 1 is 1.11 bits per heavy atom. The number of aryl methyl sites for hydroxylation is 1. The van der Waals surface area contributed by atoms with E-state index in [1.165, 1.54) is 0 Å². The van der Waals surface area contributed by atoms with Gasteiger partial charge in [0.15, 0.2) is 0 Å². The summed E-state index contributed by atoms with van der Waals surface area (Å²) >= 11 is 0. The lowest BCUT2D eigenvalue weighted by Gasteiger charge is -2.27. The molecule has 2 atom stereocenters. The van der Waals surface area contributed by atoms with Crippen LogP contribution in [-0.4, -0.2) is 11.3 Å². The van der Waals surface area contributed by atoms with E-state index in [0.717, 1.165) is 46.7 Å². The molecule has 28 heavy (non-hydrogen) atoms. The van der Waals surface area contributed by atoms with E-state index in [2.05, 4.69) is 6.92 Å². The maximum absolute atomic E-state index is 12.6. The maximum atomic E-state index is 12.6. The lowest BCUT2D eigenvalue weighted by atomic mass is 9.78. The fraction of sp³-hybridized carbons (Fsp3) is 0.292. The molecule has 3 aromatic rings. The van der Waals surface area contributed by atoms with Crippen LogP contribution in [0.4, 0.5) is 4.79 Å². The molecule has 0 heterocycles. The molecule has 1 saturated carbocycles. The van der Waals surface area contributed by atoms with Crippen LogP contribution in [0.1, 0.15) is 48.8 Å². The highest BCUT2D eigenvalue weighted by molar-refractivity contribution is 5.98. The van der Waals surface area contributed by atoms with Gasteiger partial charge in [-0.1, -0.05) is 42.8 Å². The van der Waals surface area contributed by atoms with Gasteiger partial charge in [0.05, 0.1) is 0 Å². The fourth-order valence-electron chi connectivity index (χ4n) is 5.09. The monoisotopic (exact) mass is 374 g/mol. The number of para-hydroxylation sites is 1. The molecule has 0 aliphatic heterocycles. The smallest absolute Gasteiger partial charge is 0.507 e. The van der Waals surface area contributed by atoms with Crippen LogP contribution in [0, 0.1) is 6.92 Å². The van der Waals surface area contributed by atoms with Gasteiger partial charge in [-0.3, -0.25) is 0 Å². The number of carbonyl (C=O) groups excluding carboxylic acids is 1. The average Bonchev–Trinajstić information content (AvgIpc) is 3.20. The Morgan fingerprint density at radius 2 is 1.89 bits per heavy atom. The SMILES string of the molecule is Cc1ccc2c(O)c3c(c(OC(=O)Oc4ccccc4)c2c1)C1CCC3(C)C1. The first kappa shape index (κ1) is 17.1. The van der Waals surface area contributed by atoms with Crippen LogP contribution in [0.15, 0.2) is 48.5 Å². The van der Waals surface area contributed by atoms with Crippen molar-refractivity contribution in [1.82, 2.24) is 0 Å². The topological polar surface area (TPSA) is 55.8 Å². The number of carbonyl (C=O) groups is 1. The van der Waals surface area contributed by atoms with Crippen LogP contribution in [0.5, 0.6) is 17.2 Å². The van der Waals surface area contributed by atoms with E-state index >= 15 is 0 Å². The van der Waals surface area contributed by atoms with Crippen LogP contribution >= 0.6 is 0 Å². The van der Waals surface area contributed by atoms with Gasteiger partial charge in [-0.25, -0.2) is 4.79 Å². The number of rotatable bonds is 2. The molecule has 4 nitrogen and oxygen atoms in total. The summed E-state index contributed by atoms with van der Waals surface area (Å²) < 4.78 is 11.2. The predicted octanol–water partition coefficient (Wildman–Crippen LogP) is 5.97. The molecule has 3 aromatic carbocycles. The van der Waals surface area contributed by atoms with E-state index in [1.807, 2.05) is 31.2 Å². The second-order valence-corrected chi connectivity index (χ2v) is 8.28. The first-order valence-electron chi connectivity index (χ1n) is 9.71. The van der Waals surface area contributed by atoms with Crippen molar-refractivity contribution in [2.24, 2.45) is 0 Å². The molecular formula is C24H22O4. The molecule has 0 saturated heterocycles. The minimum absolute atomic E-state index is 0.0649. The second-order valence-electron chi connectivity index (χ2n) is 8.28. The standard InChI is InChI=1S/C24H22O4/c1-14-8-9-17-18(12-14)22(28-23(26)27-16-6-4-3-5-7-16)19-15-10-11-24(2,13-15)20(19)21(17)25/h3-9,12,15,25H,10-11,13H2,1-2H3. The zero-order chi connectivity index (χ0) is 19.5. The van der Waals surface area contributed by atoms with Gasteiger partial charge in [0.25, 0.3) is 0 Å². The van der Waals surface area contributed by atoms with Gasteiger partial charge in [0.1, 0.15) is 17.2 Å². The van der Waals surface area contributed by atoms with E-state index < -0.39 is 6.16 Å². The first-order valence-corrected chi connectivity index (χ1v) is 9.71. The number of aromatic hydroxyl groups is 1. The maximum Gasteiger partial charge on any atom is 0.519 e. The third-order valence-electron chi connectivity index (χ3n) is 6.31. The van der Waals surface area contributed by atoms with Crippen LogP contribution in [0.25, 0.3) is 10.8 Å². The zero-order valence-electron chi connectivity index (χ0n) is 16.0. The summed E-state index contributed by atoms with van der Waals surface area (Å²) in [4.78, 5) is 12.6. The molecule has 2 aliphatic rings. The van der Waals surface area contributed by atoms with E-state index in [9.17, 15) is 9.90 Å². The average molecular weight is 374 g/mol. The van der Waals surface area contributed by atoms with E-state index in [4.69, 9.17) is 9.47 Å². The summed E-state index contributed by atoms with van der Waals surface area (Å²) in [6.07, 6.45) is 2.32. The molecule has 0 spiro atoms. The van der Waals surface area contributed by atoms with Crippen LogP contribution in [0.3, 0.4) is 0 Å². The minimum atomic E-state index is -0.755. The van der Waals surface area contributed by atoms with Crippen molar-refractivity contribution in [3.63, 3.8) is 0 Å². The second kappa shape index (κ2) is 5.99. The minimum Gasteiger partial charge on any atom is -0.507 e. The predicted molar refractivity (Wildman–Crippen MR) is 107 cm³/mol. The Balaban J connectivity index is 1.66. The third kappa shape index (κ3) is 2.48. The lowest BCUT2D eigenvalue weighted by Crippen LogP contribution is -2.19. The molecule has 2 unspecified atom stereocenters. The number of fused-ring (bicyclic) bond motifs is 6. The molecule has 0 radical (unpaired) electrons. The van der Waals surface area contributed by atoms with Crippen molar-refractivity contribution in [2.75, 3.05) is 0 Å². The number of ether oxygens (including phenoxy) is 2. The van der Waals surface area contributed by atoms with Crippen molar-refractivity contribution in [3.05, 3.63) is 65.2 Å². The summed E-state index contributed by atoms with van der Waals surface area (Å²) in [6.45, 7) is 4.19. The highest BCUT2D eigenvalue weighted by Gasteiger charge is 2.50. The number of hydrogen-bond donors (Lipinski definition) is 1. The Bertz CT molecular complexity index is 1100. The Kier molecular flexibility index (Phi) is 3.66. The van der Waals surface area contributed by atoms with Gasteiger partial charge >= 0.3 is 6.16 Å². The largest absolute Gasteiger partial charge is 0.519 e. The number of benzene rings is 3. The van der Waals surface area contributed by atoms with E-state index in [0.29, 0.717) is 23.2 Å². The molecule has 4 heteroatoms. The van der Waals surface area contributed by atoms with Gasteiger partial charge in [-0.05, 0) is 55.7 Å². The molecule has 0 aromatic heterocycles. The normalized spacial score (nSPS) is 22.3.